The highest BCUT2D eigenvalue weighted by atomic mass is 16.3. The minimum atomic E-state index is -0.628. The molecule has 3 aromatic rings. The van der Waals surface area contributed by atoms with E-state index in [1.807, 2.05) is 42.6 Å². The van der Waals surface area contributed by atoms with E-state index in [0.29, 0.717) is 0 Å². The molecule has 0 spiro atoms. The van der Waals surface area contributed by atoms with Crippen LogP contribution in [0.3, 0.4) is 0 Å². The van der Waals surface area contributed by atoms with Gasteiger partial charge in [0.25, 0.3) is 0 Å². The van der Waals surface area contributed by atoms with Gasteiger partial charge in [-0.15, -0.1) is 0 Å². The van der Waals surface area contributed by atoms with Gasteiger partial charge in [0.15, 0.2) is 0 Å². The number of aromatic nitrogens is 1. The monoisotopic (exact) mass is 374 g/mol. The Balaban J connectivity index is 0.000000130. The van der Waals surface area contributed by atoms with Crippen molar-refractivity contribution in [1.29, 1.82) is 0 Å². The second-order valence-electron chi connectivity index (χ2n) is 7.37. The number of nitrogens with zero attached hydrogens (tertiary/aromatic N) is 2. The van der Waals surface area contributed by atoms with Crippen molar-refractivity contribution in [2.45, 2.75) is 45.4 Å². The van der Waals surface area contributed by atoms with Crippen LogP contribution >= 0.6 is 0 Å². The molecule has 2 aromatic carbocycles. The van der Waals surface area contributed by atoms with Crippen LogP contribution in [0, 0.1) is 6.92 Å². The zero-order valence-corrected chi connectivity index (χ0v) is 16.9. The molecule has 3 nitrogen and oxygen atoms in total. The van der Waals surface area contributed by atoms with E-state index in [2.05, 4.69) is 54.1 Å². The van der Waals surface area contributed by atoms with Crippen LogP contribution in [0.2, 0.25) is 0 Å². The Morgan fingerprint density at radius 2 is 1.75 bits per heavy atom. The Kier molecular flexibility index (Phi) is 6.96. The molecular weight excluding hydrogens is 344 g/mol. The first-order chi connectivity index (χ1) is 13.6. The summed E-state index contributed by atoms with van der Waals surface area (Å²) in [4.78, 5) is 6.13. The van der Waals surface area contributed by atoms with Crippen LogP contribution in [-0.4, -0.2) is 21.5 Å². The third kappa shape index (κ3) is 4.86. The molecule has 146 valence electrons. The van der Waals surface area contributed by atoms with E-state index in [0.717, 1.165) is 37.9 Å². The summed E-state index contributed by atoms with van der Waals surface area (Å²) in [7, 11) is 0. The molecule has 2 aliphatic rings. The molecule has 1 saturated heterocycles. The first-order valence-electron chi connectivity index (χ1n) is 10.1. The molecule has 0 bridgehead atoms. The quantitative estimate of drug-likeness (QED) is 0.645. The molecule has 28 heavy (non-hydrogen) atoms. The Hall–Kier alpha value is -2.49. The minimum absolute atomic E-state index is 0.628. The molecule has 3 heterocycles. The maximum Gasteiger partial charge on any atom is 0.145 e. The molecule has 0 saturated carbocycles. The van der Waals surface area contributed by atoms with Crippen LogP contribution in [0.5, 0.6) is 0 Å². The van der Waals surface area contributed by atoms with E-state index in [4.69, 9.17) is 0 Å². The van der Waals surface area contributed by atoms with Gasteiger partial charge in [0.05, 0.1) is 0 Å². The molecular formula is C25H30N2O. The van der Waals surface area contributed by atoms with Crippen molar-refractivity contribution in [3.63, 3.8) is 0 Å². The summed E-state index contributed by atoms with van der Waals surface area (Å²) < 4.78 is 0. The van der Waals surface area contributed by atoms with Crippen LogP contribution in [-0.2, 0) is 18.7 Å². The number of benzene rings is 2. The van der Waals surface area contributed by atoms with Crippen molar-refractivity contribution in [3.05, 3.63) is 101 Å². The molecule has 1 aromatic heterocycles. The summed E-state index contributed by atoms with van der Waals surface area (Å²) >= 11 is 0. The molecule has 0 unspecified atom stereocenters. The summed E-state index contributed by atoms with van der Waals surface area (Å²) in [6, 6.07) is 22.5. The third-order valence-corrected chi connectivity index (χ3v) is 5.36. The van der Waals surface area contributed by atoms with E-state index in [9.17, 15) is 5.11 Å². The average Bonchev–Trinajstić information content (AvgIpc) is 3.24. The number of hydrogen-bond donors (Lipinski definition) is 1. The van der Waals surface area contributed by atoms with Gasteiger partial charge in [0, 0.05) is 31.0 Å². The first kappa shape index (κ1) is 20.2. The highest BCUT2D eigenvalue weighted by Gasteiger charge is 2.46. The number of hydrogen-bond acceptors (Lipinski definition) is 3. The maximum atomic E-state index is 10.4. The maximum absolute atomic E-state index is 10.4. The lowest BCUT2D eigenvalue weighted by atomic mass is 9.99. The van der Waals surface area contributed by atoms with Crippen molar-refractivity contribution < 1.29 is 5.11 Å². The van der Waals surface area contributed by atoms with Crippen molar-refractivity contribution in [1.82, 2.24) is 9.88 Å². The van der Waals surface area contributed by atoms with Crippen LogP contribution < -0.4 is 0 Å². The molecule has 0 aliphatic carbocycles. The average molecular weight is 375 g/mol. The summed E-state index contributed by atoms with van der Waals surface area (Å²) in [5, 5.41) is 10.4. The molecule has 3 heteroatoms. The highest BCUT2D eigenvalue weighted by Crippen LogP contribution is 2.44. The Labute approximate surface area is 168 Å². The fraction of sp³-hybridized carbons (Fsp3) is 0.320. The first-order valence-corrected chi connectivity index (χ1v) is 10.1. The smallest absolute Gasteiger partial charge is 0.145 e. The summed E-state index contributed by atoms with van der Waals surface area (Å²) in [6.45, 7) is 6.16. The molecule has 1 atom stereocenters. The van der Waals surface area contributed by atoms with Crippen molar-refractivity contribution in [3.8, 4) is 0 Å². The van der Waals surface area contributed by atoms with Gasteiger partial charge < -0.3 is 5.11 Å². The van der Waals surface area contributed by atoms with E-state index < -0.39 is 5.72 Å². The number of aliphatic hydroxyl groups is 1. The molecule has 0 amide bonds. The zero-order chi connectivity index (χ0) is 19.8. The van der Waals surface area contributed by atoms with Crippen molar-refractivity contribution in [2.75, 3.05) is 6.54 Å². The predicted molar refractivity (Wildman–Crippen MR) is 115 cm³/mol. The van der Waals surface area contributed by atoms with Gasteiger partial charge in [-0.1, -0.05) is 73.2 Å². The van der Waals surface area contributed by atoms with Gasteiger partial charge in [-0.2, -0.15) is 0 Å². The van der Waals surface area contributed by atoms with Gasteiger partial charge >= 0.3 is 0 Å². The van der Waals surface area contributed by atoms with E-state index in [-0.39, 0.29) is 0 Å². The van der Waals surface area contributed by atoms with Gasteiger partial charge in [-0.25, -0.2) is 0 Å². The zero-order valence-electron chi connectivity index (χ0n) is 16.9. The van der Waals surface area contributed by atoms with E-state index in [1.165, 1.54) is 16.7 Å². The minimum Gasteiger partial charge on any atom is -0.371 e. The fourth-order valence-corrected chi connectivity index (χ4v) is 3.77. The van der Waals surface area contributed by atoms with Gasteiger partial charge in [0.2, 0.25) is 0 Å². The molecule has 1 fully saturated rings. The Morgan fingerprint density at radius 1 is 1.00 bits per heavy atom. The summed E-state index contributed by atoms with van der Waals surface area (Å²) in [6.07, 6.45) is 6.77. The predicted octanol–water partition coefficient (Wildman–Crippen LogP) is 5.08. The summed E-state index contributed by atoms with van der Waals surface area (Å²) in [5.41, 5.74) is 4.42. The molecule has 5 rings (SSSR count). The van der Waals surface area contributed by atoms with Crippen LogP contribution in [0.1, 0.15) is 42.0 Å². The molecule has 0 radical (unpaired) electrons. The van der Waals surface area contributed by atoms with E-state index >= 15 is 0 Å². The highest BCUT2D eigenvalue weighted by molar-refractivity contribution is 5.37. The lowest BCUT2D eigenvalue weighted by Crippen LogP contribution is -2.34. The van der Waals surface area contributed by atoms with E-state index in [1.54, 1.807) is 6.20 Å². The van der Waals surface area contributed by atoms with Crippen LogP contribution in [0.4, 0.5) is 0 Å². The second kappa shape index (κ2) is 9.63. The lowest BCUT2D eigenvalue weighted by Gasteiger charge is -2.26. The normalized spacial score (nSPS) is 19.5. The van der Waals surface area contributed by atoms with Crippen molar-refractivity contribution >= 4 is 0 Å². The number of fused-ring (bicyclic) bond motifs is 3. The second-order valence-corrected chi connectivity index (χ2v) is 7.37. The largest absolute Gasteiger partial charge is 0.371 e. The Bertz CT molecular complexity index is 851. The SMILES string of the molecule is CCc1cccnc1.Cc1ccccc1.O[C@]12CCCN1Cc1ccccc12. The standard InChI is InChI=1S/C11H13NO.C7H9N.C7H8/c13-11-6-3-7-12(11)8-9-4-1-2-5-10(9)11;1-2-7-4-3-5-8-6-7;1-7-5-3-2-4-6-7/h1-2,4-5,13H,3,6-8H2;3-6H,2H2,1H3;2-6H,1H3/t11-;;/m0../s1. The number of rotatable bonds is 1. The summed E-state index contributed by atoms with van der Waals surface area (Å²) in [5.74, 6) is 0. The third-order valence-electron chi connectivity index (χ3n) is 5.36. The lowest BCUT2D eigenvalue weighted by molar-refractivity contribution is -0.0759. The molecule has 2 aliphatic heterocycles. The molecule has 1 N–H and O–H groups in total. The van der Waals surface area contributed by atoms with Gasteiger partial charge in [-0.05, 0) is 43.4 Å². The number of pyridine rings is 1. The van der Waals surface area contributed by atoms with Crippen molar-refractivity contribution in [2.24, 2.45) is 0 Å². The van der Waals surface area contributed by atoms with Crippen LogP contribution in [0.25, 0.3) is 0 Å². The fourth-order valence-electron chi connectivity index (χ4n) is 3.77. The topological polar surface area (TPSA) is 36.4 Å². The Morgan fingerprint density at radius 3 is 2.36 bits per heavy atom. The van der Waals surface area contributed by atoms with Gasteiger partial charge in [0.1, 0.15) is 5.72 Å². The van der Waals surface area contributed by atoms with Crippen LogP contribution in [0.15, 0.2) is 79.1 Å². The number of aryl methyl sites for hydroxylation is 2. The van der Waals surface area contributed by atoms with Gasteiger partial charge in [-0.3, -0.25) is 9.88 Å².